The van der Waals surface area contributed by atoms with Crippen LogP contribution in [0.4, 0.5) is 5.13 Å². The number of anilines is 1. The van der Waals surface area contributed by atoms with Crippen LogP contribution in [-0.2, 0) is 0 Å². The van der Waals surface area contributed by atoms with Gasteiger partial charge in [0.05, 0.1) is 15.2 Å². The van der Waals surface area contributed by atoms with E-state index in [1.807, 2.05) is 48.5 Å². The summed E-state index contributed by atoms with van der Waals surface area (Å²) in [5.41, 5.74) is 0.908. The third-order valence-electron chi connectivity index (χ3n) is 4.25. The van der Waals surface area contributed by atoms with Gasteiger partial charge < -0.3 is 0 Å². The van der Waals surface area contributed by atoms with E-state index in [0.717, 1.165) is 31.1 Å². The SMILES string of the molecule is O=C(Nc1nc2c(ccc3ccccc32)s1)c1sc2ccccc2c1Cl. The number of thiophene rings is 1. The summed E-state index contributed by atoms with van der Waals surface area (Å²) < 4.78 is 2.04. The maximum absolute atomic E-state index is 12.7. The molecule has 0 aliphatic heterocycles. The summed E-state index contributed by atoms with van der Waals surface area (Å²) in [6.45, 7) is 0. The van der Waals surface area contributed by atoms with Crippen LogP contribution in [-0.4, -0.2) is 10.9 Å². The minimum absolute atomic E-state index is 0.223. The van der Waals surface area contributed by atoms with Crippen molar-refractivity contribution >= 4 is 76.4 Å². The fourth-order valence-electron chi connectivity index (χ4n) is 3.03. The molecular weight excluding hydrogens is 384 g/mol. The summed E-state index contributed by atoms with van der Waals surface area (Å²) >= 11 is 9.27. The minimum atomic E-state index is -0.223. The molecule has 0 aliphatic carbocycles. The molecule has 5 rings (SSSR count). The minimum Gasteiger partial charge on any atom is -0.297 e. The van der Waals surface area contributed by atoms with Crippen LogP contribution in [0.3, 0.4) is 0 Å². The fraction of sp³-hybridized carbons (Fsp3) is 0. The molecule has 0 radical (unpaired) electrons. The largest absolute Gasteiger partial charge is 0.297 e. The molecule has 1 amide bonds. The van der Waals surface area contributed by atoms with Gasteiger partial charge in [-0.05, 0) is 17.5 Å². The van der Waals surface area contributed by atoms with Gasteiger partial charge in [0.25, 0.3) is 5.91 Å². The van der Waals surface area contributed by atoms with Crippen LogP contribution >= 0.6 is 34.3 Å². The lowest BCUT2D eigenvalue weighted by atomic mass is 10.1. The quantitative estimate of drug-likeness (QED) is 0.368. The number of carbonyl (C=O) groups excluding carboxylic acids is 1. The van der Waals surface area contributed by atoms with Crippen molar-refractivity contribution < 1.29 is 4.79 Å². The molecule has 0 atom stereocenters. The number of aromatic nitrogens is 1. The van der Waals surface area contributed by atoms with Gasteiger partial charge in [-0.25, -0.2) is 4.98 Å². The molecule has 0 saturated heterocycles. The van der Waals surface area contributed by atoms with E-state index in [9.17, 15) is 4.79 Å². The zero-order valence-corrected chi connectivity index (χ0v) is 15.7. The number of fused-ring (bicyclic) bond motifs is 4. The second-order valence-corrected chi connectivity index (χ2v) is 8.31. The second-order valence-electron chi connectivity index (χ2n) is 5.85. The smallest absolute Gasteiger partial charge is 0.269 e. The Morgan fingerprint density at radius 2 is 1.65 bits per heavy atom. The van der Waals surface area contributed by atoms with E-state index in [-0.39, 0.29) is 5.91 Å². The lowest BCUT2D eigenvalue weighted by Crippen LogP contribution is -2.10. The number of thiazole rings is 1. The Bertz CT molecular complexity index is 1310. The predicted molar refractivity (Wildman–Crippen MR) is 112 cm³/mol. The number of nitrogens with one attached hydrogen (secondary N) is 1. The molecule has 126 valence electrons. The molecule has 2 aromatic heterocycles. The number of nitrogens with zero attached hydrogens (tertiary/aromatic N) is 1. The Balaban J connectivity index is 1.55. The van der Waals surface area contributed by atoms with Crippen LogP contribution in [0.2, 0.25) is 5.02 Å². The average molecular weight is 395 g/mol. The highest BCUT2D eigenvalue weighted by Crippen LogP contribution is 2.36. The molecule has 0 spiro atoms. The maximum atomic E-state index is 12.7. The number of hydrogen-bond donors (Lipinski definition) is 1. The van der Waals surface area contributed by atoms with Crippen LogP contribution < -0.4 is 5.32 Å². The first-order valence-electron chi connectivity index (χ1n) is 7.97. The molecular formula is C20H11ClN2OS2. The van der Waals surface area contributed by atoms with E-state index in [4.69, 9.17) is 11.6 Å². The average Bonchev–Trinajstić information content (AvgIpc) is 3.23. The Kier molecular flexibility index (Phi) is 3.67. The Morgan fingerprint density at radius 1 is 0.885 bits per heavy atom. The number of hydrogen-bond acceptors (Lipinski definition) is 4. The van der Waals surface area contributed by atoms with Crippen LogP contribution in [0, 0.1) is 0 Å². The molecule has 2 heterocycles. The highest BCUT2D eigenvalue weighted by atomic mass is 35.5. The third kappa shape index (κ3) is 2.48. The standard InChI is InChI=1S/C20H11ClN2OS2/c21-16-13-7-3-4-8-14(13)25-18(16)19(24)23-20-22-17-12-6-2-1-5-11(12)9-10-15(17)26-20/h1-10H,(H,22,23,24). The first kappa shape index (κ1) is 15.8. The zero-order valence-electron chi connectivity index (χ0n) is 13.3. The number of halogens is 1. The Morgan fingerprint density at radius 3 is 2.50 bits per heavy atom. The van der Waals surface area contributed by atoms with Crippen molar-refractivity contribution in [2.75, 3.05) is 5.32 Å². The molecule has 0 unspecified atom stereocenters. The molecule has 0 bridgehead atoms. The van der Waals surface area contributed by atoms with E-state index in [0.29, 0.717) is 15.0 Å². The van der Waals surface area contributed by atoms with Crippen molar-refractivity contribution in [3.05, 3.63) is 70.6 Å². The van der Waals surface area contributed by atoms with E-state index < -0.39 is 0 Å². The van der Waals surface area contributed by atoms with Crippen LogP contribution in [0.15, 0.2) is 60.7 Å². The normalized spacial score (nSPS) is 11.4. The van der Waals surface area contributed by atoms with Gasteiger partial charge in [-0.1, -0.05) is 71.5 Å². The van der Waals surface area contributed by atoms with Gasteiger partial charge in [0, 0.05) is 15.5 Å². The molecule has 6 heteroatoms. The van der Waals surface area contributed by atoms with Crippen LogP contribution in [0.1, 0.15) is 9.67 Å². The molecule has 0 aliphatic rings. The monoisotopic (exact) mass is 394 g/mol. The molecule has 0 saturated carbocycles. The Hall–Kier alpha value is -2.47. The molecule has 1 N–H and O–H groups in total. The van der Waals surface area contributed by atoms with Crippen molar-refractivity contribution in [1.29, 1.82) is 0 Å². The van der Waals surface area contributed by atoms with Crippen molar-refractivity contribution in [2.24, 2.45) is 0 Å². The number of carbonyl (C=O) groups is 1. The van der Waals surface area contributed by atoms with Gasteiger partial charge in [-0.2, -0.15) is 0 Å². The van der Waals surface area contributed by atoms with E-state index in [1.54, 1.807) is 0 Å². The van der Waals surface area contributed by atoms with Gasteiger partial charge in [-0.3, -0.25) is 10.1 Å². The zero-order chi connectivity index (χ0) is 17.7. The van der Waals surface area contributed by atoms with E-state index in [2.05, 4.69) is 22.4 Å². The topological polar surface area (TPSA) is 42.0 Å². The van der Waals surface area contributed by atoms with Crippen molar-refractivity contribution in [1.82, 2.24) is 4.98 Å². The summed E-state index contributed by atoms with van der Waals surface area (Å²) in [6, 6.07) is 20.0. The molecule has 5 aromatic rings. The highest BCUT2D eigenvalue weighted by molar-refractivity contribution is 7.23. The van der Waals surface area contributed by atoms with Crippen LogP contribution in [0.25, 0.3) is 31.1 Å². The number of amides is 1. The third-order valence-corrected chi connectivity index (χ3v) is 6.86. The van der Waals surface area contributed by atoms with Crippen molar-refractivity contribution in [3.8, 4) is 0 Å². The van der Waals surface area contributed by atoms with Crippen molar-refractivity contribution in [2.45, 2.75) is 0 Å². The maximum Gasteiger partial charge on any atom is 0.269 e. The highest BCUT2D eigenvalue weighted by Gasteiger charge is 2.18. The summed E-state index contributed by atoms with van der Waals surface area (Å²) in [7, 11) is 0. The van der Waals surface area contributed by atoms with Gasteiger partial charge in [0.2, 0.25) is 0 Å². The molecule has 3 nitrogen and oxygen atoms in total. The molecule has 3 aromatic carbocycles. The lowest BCUT2D eigenvalue weighted by molar-refractivity contribution is 0.103. The molecule has 0 fully saturated rings. The summed E-state index contributed by atoms with van der Waals surface area (Å²) in [5.74, 6) is -0.223. The first-order chi connectivity index (χ1) is 12.7. The Labute approximate surface area is 161 Å². The second kappa shape index (κ2) is 6.06. The lowest BCUT2D eigenvalue weighted by Gasteiger charge is -1.99. The fourth-order valence-corrected chi connectivity index (χ4v) is 5.32. The van der Waals surface area contributed by atoms with E-state index >= 15 is 0 Å². The van der Waals surface area contributed by atoms with Gasteiger partial charge >= 0.3 is 0 Å². The first-order valence-corrected chi connectivity index (χ1v) is 9.98. The summed E-state index contributed by atoms with van der Waals surface area (Å²) in [6.07, 6.45) is 0. The summed E-state index contributed by atoms with van der Waals surface area (Å²) in [5, 5.41) is 7.10. The van der Waals surface area contributed by atoms with Crippen molar-refractivity contribution in [3.63, 3.8) is 0 Å². The van der Waals surface area contributed by atoms with Gasteiger partial charge in [0.1, 0.15) is 4.88 Å². The number of benzene rings is 3. The molecule has 26 heavy (non-hydrogen) atoms. The van der Waals surface area contributed by atoms with E-state index in [1.165, 1.54) is 22.7 Å². The van der Waals surface area contributed by atoms with Gasteiger partial charge in [0.15, 0.2) is 5.13 Å². The number of rotatable bonds is 2. The van der Waals surface area contributed by atoms with Crippen LogP contribution in [0.5, 0.6) is 0 Å². The summed E-state index contributed by atoms with van der Waals surface area (Å²) in [4.78, 5) is 17.9. The van der Waals surface area contributed by atoms with Gasteiger partial charge in [-0.15, -0.1) is 11.3 Å². The predicted octanol–water partition coefficient (Wildman–Crippen LogP) is 6.57.